The van der Waals surface area contributed by atoms with Crippen LogP contribution in [-0.4, -0.2) is 41.3 Å². The second kappa shape index (κ2) is 5.55. The predicted octanol–water partition coefficient (Wildman–Crippen LogP) is 2.93. The monoisotopic (exact) mass is 332 g/mol. The number of fused-ring (bicyclic) bond motifs is 1. The molecule has 2 fully saturated rings. The van der Waals surface area contributed by atoms with Crippen LogP contribution in [0.3, 0.4) is 0 Å². The lowest BCUT2D eigenvalue weighted by Crippen LogP contribution is -2.68. The molecule has 0 radical (unpaired) electrons. The van der Waals surface area contributed by atoms with Gasteiger partial charge in [0.15, 0.2) is 5.58 Å². The van der Waals surface area contributed by atoms with Crippen molar-refractivity contribution >= 4 is 16.9 Å². The van der Waals surface area contributed by atoms with Gasteiger partial charge in [0.05, 0.1) is 18.6 Å². The summed E-state index contributed by atoms with van der Waals surface area (Å²) in [6, 6.07) is 4.33. The Labute approximate surface area is 139 Å². The second-order valence-corrected chi connectivity index (χ2v) is 7.45. The first-order valence-corrected chi connectivity index (χ1v) is 8.40. The molecule has 1 amide bonds. The van der Waals surface area contributed by atoms with Crippen LogP contribution in [0.2, 0.25) is 0 Å². The van der Waals surface area contributed by atoms with E-state index >= 15 is 0 Å². The highest BCUT2D eigenvalue weighted by atomic mass is 19.1. The fraction of sp³-hybridized carbons (Fsp3) is 0.556. The van der Waals surface area contributed by atoms with Crippen LogP contribution in [0, 0.1) is 11.2 Å². The number of hydrogen-bond donors (Lipinski definition) is 0. The van der Waals surface area contributed by atoms with E-state index in [0.29, 0.717) is 23.2 Å². The Balaban J connectivity index is 1.54. The number of amides is 1. The number of carbonyl (C=O) groups is 1. The van der Waals surface area contributed by atoms with Gasteiger partial charge in [-0.1, -0.05) is 19.0 Å². The van der Waals surface area contributed by atoms with Gasteiger partial charge >= 0.3 is 0 Å². The number of aromatic nitrogens is 1. The van der Waals surface area contributed by atoms with Crippen LogP contribution in [0.1, 0.15) is 32.4 Å². The van der Waals surface area contributed by atoms with E-state index in [1.54, 1.807) is 0 Å². The third-order valence-electron chi connectivity index (χ3n) is 5.18. The molecule has 3 heterocycles. The summed E-state index contributed by atoms with van der Waals surface area (Å²) in [7, 11) is 0. The van der Waals surface area contributed by atoms with Gasteiger partial charge in [-0.25, -0.2) is 4.39 Å². The maximum Gasteiger partial charge on any atom is 0.229 e. The van der Waals surface area contributed by atoms with Gasteiger partial charge in [0.2, 0.25) is 5.91 Å². The van der Waals surface area contributed by atoms with Crippen LogP contribution >= 0.6 is 0 Å². The Bertz CT molecular complexity index is 780. The number of nitrogens with zero attached hydrogens (tertiary/aromatic N) is 2. The van der Waals surface area contributed by atoms with Gasteiger partial charge in [-0.05, 0) is 31.0 Å². The zero-order valence-corrected chi connectivity index (χ0v) is 13.9. The molecule has 2 atom stereocenters. The quantitative estimate of drug-likeness (QED) is 0.867. The molecule has 2 saturated heterocycles. The highest BCUT2D eigenvalue weighted by Crippen LogP contribution is 2.42. The van der Waals surface area contributed by atoms with Gasteiger partial charge in [0.25, 0.3) is 0 Å². The van der Waals surface area contributed by atoms with Crippen molar-refractivity contribution in [3.8, 4) is 0 Å². The maximum absolute atomic E-state index is 13.5. The summed E-state index contributed by atoms with van der Waals surface area (Å²) in [6.45, 7) is 5.82. The Kier molecular flexibility index (Phi) is 3.60. The summed E-state index contributed by atoms with van der Waals surface area (Å²) >= 11 is 0. The molecule has 0 spiro atoms. The molecular weight excluding hydrogens is 311 g/mol. The highest BCUT2D eigenvalue weighted by Gasteiger charge is 2.52. The minimum Gasteiger partial charge on any atom is -0.376 e. The molecule has 2 aliphatic heterocycles. The van der Waals surface area contributed by atoms with Gasteiger partial charge < -0.3 is 14.2 Å². The molecule has 0 aliphatic carbocycles. The molecule has 24 heavy (non-hydrogen) atoms. The molecule has 2 unspecified atom stereocenters. The van der Waals surface area contributed by atoms with Crippen LogP contribution in [0.4, 0.5) is 4.39 Å². The van der Waals surface area contributed by atoms with Crippen LogP contribution in [0.15, 0.2) is 22.7 Å². The SMILES string of the molecule is CC1(C)CN(C(=O)Cc2noc3ccc(F)cc23)C1C1CCCO1. The standard InChI is InChI=1S/C18H21FN2O3/c1-18(2)10-21(17(18)15-4-3-7-23-15)16(22)9-13-12-8-11(19)5-6-14(12)24-20-13/h5-6,8,15,17H,3-4,7,9-10H2,1-2H3. The Morgan fingerprint density at radius 1 is 1.46 bits per heavy atom. The molecule has 128 valence electrons. The first kappa shape index (κ1) is 15.6. The largest absolute Gasteiger partial charge is 0.376 e. The number of rotatable bonds is 3. The van der Waals surface area contributed by atoms with Gasteiger partial charge in [0, 0.05) is 24.0 Å². The van der Waals surface area contributed by atoms with Crippen molar-refractivity contribution in [2.45, 2.75) is 45.3 Å². The van der Waals surface area contributed by atoms with E-state index < -0.39 is 0 Å². The van der Waals surface area contributed by atoms with Crippen LogP contribution in [0.25, 0.3) is 11.0 Å². The van der Waals surface area contributed by atoms with E-state index in [1.165, 1.54) is 18.2 Å². The minimum atomic E-state index is -0.360. The van der Waals surface area contributed by atoms with Crippen LogP contribution in [-0.2, 0) is 16.0 Å². The molecule has 2 aliphatic rings. The lowest BCUT2D eigenvalue weighted by molar-refractivity contribution is -0.163. The molecular formula is C18H21FN2O3. The Hall–Kier alpha value is -1.95. The zero-order valence-electron chi connectivity index (χ0n) is 13.9. The fourth-order valence-electron chi connectivity index (χ4n) is 4.07. The van der Waals surface area contributed by atoms with E-state index in [9.17, 15) is 9.18 Å². The second-order valence-electron chi connectivity index (χ2n) is 7.45. The third-order valence-corrected chi connectivity index (χ3v) is 5.18. The van der Waals surface area contributed by atoms with E-state index in [0.717, 1.165) is 19.4 Å². The van der Waals surface area contributed by atoms with Crippen molar-refractivity contribution in [2.24, 2.45) is 5.41 Å². The average molecular weight is 332 g/mol. The Morgan fingerprint density at radius 3 is 3.00 bits per heavy atom. The lowest BCUT2D eigenvalue weighted by atomic mass is 9.71. The van der Waals surface area contributed by atoms with Crippen molar-refractivity contribution < 1.29 is 18.4 Å². The molecule has 1 aromatic heterocycles. The number of benzene rings is 1. The van der Waals surface area contributed by atoms with E-state index in [4.69, 9.17) is 9.26 Å². The smallest absolute Gasteiger partial charge is 0.229 e. The first-order valence-electron chi connectivity index (χ1n) is 8.40. The van der Waals surface area contributed by atoms with Gasteiger partial charge in [-0.2, -0.15) is 0 Å². The van der Waals surface area contributed by atoms with E-state index in [1.807, 2.05) is 4.90 Å². The molecule has 4 rings (SSSR count). The molecule has 0 bridgehead atoms. The predicted molar refractivity (Wildman–Crippen MR) is 85.9 cm³/mol. The summed E-state index contributed by atoms with van der Waals surface area (Å²) in [6.07, 6.45) is 2.28. The number of likely N-dealkylation sites (tertiary alicyclic amines) is 1. The van der Waals surface area contributed by atoms with Gasteiger partial charge in [-0.15, -0.1) is 0 Å². The summed E-state index contributed by atoms with van der Waals surface area (Å²) in [5, 5.41) is 4.52. The molecule has 0 saturated carbocycles. The van der Waals surface area contributed by atoms with Crippen LogP contribution < -0.4 is 0 Å². The molecule has 5 nitrogen and oxygen atoms in total. The van der Waals surface area contributed by atoms with Crippen molar-refractivity contribution in [2.75, 3.05) is 13.2 Å². The molecule has 6 heteroatoms. The fourth-order valence-corrected chi connectivity index (χ4v) is 4.07. The van der Waals surface area contributed by atoms with Crippen molar-refractivity contribution in [1.29, 1.82) is 0 Å². The molecule has 0 N–H and O–H groups in total. The number of halogens is 1. The summed E-state index contributed by atoms with van der Waals surface area (Å²) in [5.74, 6) is -0.365. The zero-order chi connectivity index (χ0) is 16.9. The molecule has 1 aromatic carbocycles. The minimum absolute atomic E-state index is 0.00529. The summed E-state index contributed by atoms with van der Waals surface area (Å²) in [4.78, 5) is 14.7. The lowest BCUT2D eigenvalue weighted by Gasteiger charge is -2.56. The van der Waals surface area contributed by atoms with Gasteiger partial charge in [-0.3, -0.25) is 4.79 Å². The van der Waals surface area contributed by atoms with E-state index in [-0.39, 0.29) is 35.7 Å². The van der Waals surface area contributed by atoms with Crippen molar-refractivity contribution in [1.82, 2.24) is 10.1 Å². The summed E-state index contributed by atoms with van der Waals surface area (Å²) < 4.78 is 24.5. The van der Waals surface area contributed by atoms with Crippen molar-refractivity contribution in [3.63, 3.8) is 0 Å². The Morgan fingerprint density at radius 2 is 2.29 bits per heavy atom. The number of carbonyl (C=O) groups excluding carboxylic acids is 1. The normalized spacial score (nSPS) is 25.9. The summed E-state index contributed by atoms with van der Waals surface area (Å²) in [5.41, 5.74) is 1.05. The number of ether oxygens (including phenoxy) is 1. The number of hydrogen-bond acceptors (Lipinski definition) is 4. The molecule has 2 aromatic rings. The third kappa shape index (κ3) is 2.49. The van der Waals surface area contributed by atoms with Crippen LogP contribution in [0.5, 0.6) is 0 Å². The maximum atomic E-state index is 13.5. The average Bonchev–Trinajstić information content (AvgIpc) is 3.15. The topological polar surface area (TPSA) is 55.6 Å². The first-order chi connectivity index (χ1) is 11.5. The van der Waals surface area contributed by atoms with Gasteiger partial charge in [0.1, 0.15) is 11.5 Å². The highest BCUT2D eigenvalue weighted by molar-refractivity contribution is 5.87. The van der Waals surface area contributed by atoms with E-state index in [2.05, 4.69) is 19.0 Å². The van der Waals surface area contributed by atoms with Crippen molar-refractivity contribution in [3.05, 3.63) is 29.7 Å².